The summed E-state index contributed by atoms with van der Waals surface area (Å²) in [5.41, 5.74) is 1.34. The van der Waals surface area contributed by atoms with E-state index in [0.29, 0.717) is 4.90 Å². The van der Waals surface area contributed by atoms with E-state index in [1.54, 1.807) is 5.32 Å². The smallest absolute Gasteiger partial charge is 0.370 e. The van der Waals surface area contributed by atoms with Crippen LogP contribution in [0.3, 0.4) is 0 Å². The first-order valence-corrected chi connectivity index (χ1v) is 6.25. The average Bonchev–Trinajstić information content (AvgIpc) is 2.69. The number of halogens is 3. The Morgan fingerprint density at radius 3 is 2.32 bits per heavy atom. The lowest BCUT2D eigenvalue weighted by Gasteiger charge is -2.29. The van der Waals surface area contributed by atoms with E-state index in [2.05, 4.69) is 0 Å². The predicted molar refractivity (Wildman–Crippen MR) is 68.2 cm³/mol. The predicted octanol–water partition coefficient (Wildman–Crippen LogP) is 0.871. The van der Waals surface area contributed by atoms with Crippen molar-refractivity contribution in [3.8, 4) is 0 Å². The van der Waals surface area contributed by atoms with E-state index < -0.39 is 48.1 Å². The summed E-state index contributed by atoms with van der Waals surface area (Å²) < 4.78 is 40.6. The fraction of sp³-hybridized carbons (Fsp3) is 0.308. The molecule has 1 fully saturated rings. The SMILES string of the molecule is NC(=O)CCN1C(=O)N[C@](c2ccccc2)(C(F)(F)F)C1=O. The lowest BCUT2D eigenvalue weighted by Crippen LogP contribution is -2.55. The quantitative estimate of drug-likeness (QED) is 0.808. The Kier molecular flexibility index (Phi) is 3.82. The number of carbonyl (C=O) groups excluding carboxylic acids is 3. The van der Waals surface area contributed by atoms with Gasteiger partial charge in [0.25, 0.3) is 5.91 Å². The van der Waals surface area contributed by atoms with Crippen LogP contribution in [0.2, 0.25) is 0 Å². The van der Waals surface area contributed by atoms with Crippen LogP contribution in [-0.2, 0) is 15.1 Å². The summed E-state index contributed by atoms with van der Waals surface area (Å²) in [4.78, 5) is 35.1. The number of carbonyl (C=O) groups is 3. The third kappa shape index (κ3) is 2.38. The molecule has 118 valence electrons. The molecule has 0 bridgehead atoms. The molecule has 4 amide bonds. The number of benzene rings is 1. The second kappa shape index (κ2) is 5.32. The molecule has 1 aromatic rings. The molecular formula is C13H12F3N3O3. The monoisotopic (exact) mass is 315 g/mol. The highest BCUT2D eigenvalue weighted by Crippen LogP contribution is 2.43. The van der Waals surface area contributed by atoms with Crippen LogP contribution in [-0.4, -0.2) is 35.5 Å². The summed E-state index contributed by atoms with van der Waals surface area (Å²) in [6.45, 7) is -0.509. The topological polar surface area (TPSA) is 92.5 Å². The Morgan fingerprint density at radius 1 is 1.23 bits per heavy atom. The lowest BCUT2D eigenvalue weighted by atomic mass is 9.89. The summed E-state index contributed by atoms with van der Waals surface area (Å²) in [5, 5.41) is 1.71. The van der Waals surface area contributed by atoms with Crippen LogP contribution in [0, 0.1) is 0 Å². The minimum atomic E-state index is -5.04. The summed E-state index contributed by atoms with van der Waals surface area (Å²) in [6, 6.07) is 5.13. The van der Waals surface area contributed by atoms with Gasteiger partial charge in [0.2, 0.25) is 11.4 Å². The molecule has 0 aliphatic carbocycles. The standard InChI is InChI=1S/C13H12F3N3O3/c14-13(15,16)12(8-4-2-1-3-5-8)10(21)19(11(22)18-12)7-6-9(17)20/h1-5H,6-7H2,(H2,17,20)(H,18,22)/t12-/m0/s1. The fourth-order valence-electron chi connectivity index (χ4n) is 2.24. The van der Waals surface area contributed by atoms with E-state index in [-0.39, 0.29) is 0 Å². The van der Waals surface area contributed by atoms with Crippen LogP contribution in [0.25, 0.3) is 0 Å². The molecule has 22 heavy (non-hydrogen) atoms. The number of amides is 4. The van der Waals surface area contributed by atoms with E-state index in [9.17, 15) is 27.6 Å². The maximum absolute atomic E-state index is 13.5. The molecule has 0 aromatic heterocycles. The summed E-state index contributed by atoms with van der Waals surface area (Å²) in [5.74, 6) is -2.30. The van der Waals surface area contributed by atoms with Crippen molar-refractivity contribution >= 4 is 17.8 Å². The van der Waals surface area contributed by atoms with Crippen LogP contribution < -0.4 is 11.1 Å². The highest BCUT2D eigenvalue weighted by atomic mass is 19.4. The molecule has 1 aliphatic rings. The Hall–Kier alpha value is -2.58. The van der Waals surface area contributed by atoms with Crippen LogP contribution >= 0.6 is 0 Å². The van der Waals surface area contributed by atoms with Crippen LogP contribution in [0.4, 0.5) is 18.0 Å². The van der Waals surface area contributed by atoms with Crippen LogP contribution in [0.15, 0.2) is 30.3 Å². The van der Waals surface area contributed by atoms with Gasteiger partial charge in [0.05, 0.1) is 0 Å². The molecular weight excluding hydrogens is 303 g/mol. The first kappa shape index (κ1) is 15.8. The van der Waals surface area contributed by atoms with Crippen molar-refractivity contribution in [3.05, 3.63) is 35.9 Å². The maximum Gasteiger partial charge on any atom is 0.425 e. The van der Waals surface area contributed by atoms with Crippen molar-refractivity contribution in [2.45, 2.75) is 18.1 Å². The zero-order chi connectivity index (χ0) is 16.5. The number of nitrogens with one attached hydrogen (secondary N) is 1. The van der Waals surface area contributed by atoms with Gasteiger partial charge in [0.15, 0.2) is 0 Å². The maximum atomic E-state index is 13.5. The van der Waals surface area contributed by atoms with Gasteiger partial charge in [-0.15, -0.1) is 0 Å². The van der Waals surface area contributed by atoms with Gasteiger partial charge >= 0.3 is 12.2 Å². The molecule has 1 atom stereocenters. The number of primary amides is 1. The summed E-state index contributed by atoms with van der Waals surface area (Å²) >= 11 is 0. The molecule has 0 saturated carbocycles. The number of hydrogen-bond acceptors (Lipinski definition) is 3. The summed E-state index contributed by atoms with van der Waals surface area (Å²) in [6.07, 6.45) is -5.45. The van der Waals surface area contributed by atoms with E-state index in [1.807, 2.05) is 0 Å². The second-order valence-electron chi connectivity index (χ2n) is 4.72. The molecule has 6 nitrogen and oxygen atoms in total. The molecule has 1 heterocycles. The minimum absolute atomic E-state index is 0.352. The van der Waals surface area contributed by atoms with Crippen LogP contribution in [0.5, 0.6) is 0 Å². The highest BCUT2D eigenvalue weighted by molar-refractivity contribution is 6.08. The van der Waals surface area contributed by atoms with Crippen molar-refractivity contribution in [3.63, 3.8) is 0 Å². The normalized spacial score (nSPS) is 21.9. The van der Waals surface area contributed by atoms with E-state index >= 15 is 0 Å². The Bertz CT molecular complexity index is 618. The molecule has 1 saturated heterocycles. The Labute approximate surface area is 123 Å². The largest absolute Gasteiger partial charge is 0.425 e. The van der Waals surface area contributed by atoms with Gasteiger partial charge in [0.1, 0.15) is 0 Å². The van der Waals surface area contributed by atoms with Gasteiger partial charge < -0.3 is 11.1 Å². The van der Waals surface area contributed by atoms with E-state index in [4.69, 9.17) is 5.73 Å². The lowest BCUT2D eigenvalue weighted by molar-refractivity contribution is -0.198. The van der Waals surface area contributed by atoms with Gasteiger partial charge in [-0.3, -0.25) is 14.5 Å². The molecule has 1 aromatic carbocycles. The van der Waals surface area contributed by atoms with Gasteiger partial charge in [-0.2, -0.15) is 13.2 Å². The van der Waals surface area contributed by atoms with Crippen molar-refractivity contribution in [1.29, 1.82) is 0 Å². The van der Waals surface area contributed by atoms with Crippen molar-refractivity contribution in [2.75, 3.05) is 6.54 Å². The first-order valence-electron chi connectivity index (χ1n) is 6.25. The molecule has 2 rings (SSSR count). The molecule has 0 spiro atoms. The third-order valence-corrected chi connectivity index (χ3v) is 3.32. The summed E-state index contributed by atoms with van der Waals surface area (Å²) in [7, 11) is 0. The number of nitrogens with two attached hydrogens (primary N) is 1. The first-order chi connectivity index (χ1) is 10.2. The number of nitrogens with zero attached hydrogens (tertiary/aromatic N) is 1. The van der Waals surface area contributed by atoms with Crippen molar-refractivity contribution < 1.29 is 27.6 Å². The van der Waals surface area contributed by atoms with Crippen molar-refractivity contribution in [1.82, 2.24) is 10.2 Å². The number of rotatable bonds is 4. The van der Waals surface area contributed by atoms with Gasteiger partial charge in [-0.05, 0) is 5.56 Å². The average molecular weight is 315 g/mol. The molecule has 1 aliphatic heterocycles. The van der Waals surface area contributed by atoms with Gasteiger partial charge in [0, 0.05) is 13.0 Å². The Balaban J connectivity index is 2.47. The number of alkyl halides is 3. The number of hydrogen-bond donors (Lipinski definition) is 2. The highest BCUT2D eigenvalue weighted by Gasteiger charge is 2.68. The third-order valence-electron chi connectivity index (χ3n) is 3.32. The van der Waals surface area contributed by atoms with Gasteiger partial charge in [-0.1, -0.05) is 30.3 Å². The fourth-order valence-corrected chi connectivity index (χ4v) is 2.24. The van der Waals surface area contributed by atoms with Crippen molar-refractivity contribution in [2.24, 2.45) is 5.73 Å². The molecule has 0 radical (unpaired) electrons. The number of urea groups is 1. The van der Waals surface area contributed by atoms with E-state index in [0.717, 1.165) is 12.1 Å². The zero-order valence-corrected chi connectivity index (χ0v) is 11.2. The minimum Gasteiger partial charge on any atom is -0.370 e. The second-order valence-corrected chi connectivity index (χ2v) is 4.72. The van der Waals surface area contributed by atoms with E-state index in [1.165, 1.54) is 18.2 Å². The molecule has 9 heteroatoms. The number of imide groups is 1. The van der Waals surface area contributed by atoms with Gasteiger partial charge in [-0.25, -0.2) is 4.79 Å². The zero-order valence-electron chi connectivity index (χ0n) is 11.2. The van der Waals surface area contributed by atoms with Crippen LogP contribution in [0.1, 0.15) is 12.0 Å². The molecule has 0 unspecified atom stereocenters. The Morgan fingerprint density at radius 2 is 1.82 bits per heavy atom. The molecule has 3 N–H and O–H groups in total.